The topological polar surface area (TPSA) is 43.4 Å². The van der Waals surface area contributed by atoms with Crippen LogP contribution < -0.4 is 0 Å². The van der Waals surface area contributed by atoms with Gasteiger partial charge < -0.3 is 4.74 Å². The number of Topliss-reactive ketones (excluding diaryl/α,β-unsaturated/α-hetero) is 1. The van der Waals surface area contributed by atoms with E-state index < -0.39 is 0 Å². The molecule has 2 aliphatic carbocycles. The molecule has 2 saturated carbocycles. The number of rotatable bonds is 1. The van der Waals surface area contributed by atoms with E-state index in [-0.39, 0.29) is 23.7 Å². The summed E-state index contributed by atoms with van der Waals surface area (Å²) in [5.41, 5.74) is 0. The van der Waals surface area contributed by atoms with Crippen LogP contribution in [0.25, 0.3) is 0 Å². The second-order valence-corrected chi connectivity index (χ2v) is 4.69. The predicted molar refractivity (Wildman–Crippen MR) is 55.2 cm³/mol. The molecular weight excluding hydrogens is 192 g/mol. The number of ether oxygens (including phenoxy) is 1. The highest BCUT2D eigenvalue weighted by Gasteiger charge is 2.43. The average molecular weight is 210 g/mol. The van der Waals surface area contributed by atoms with E-state index in [0.29, 0.717) is 18.6 Å². The molecule has 84 valence electrons. The lowest BCUT2D eigenvalue weighted by molar-refractivity contribution is -0.152. The van der Waals surface area contributed by atoms with E-state index in [2.05, 4.69) is 0 Å². The van der Waals surface area contributed by atoms with E-state index in [1.54, 1.807) is 0 Å². The molecule has 2 fully saturated rings. The highest BCUT2D eigenvalue weighted by atomic mass is 16.5. The van der Waals surface area contributed by atoms with Crippen molar-refractivity contribution in [3.63, 3.8) is 0 Å². The van der Waals surface area contributed by atoms with Crippen molar-refractivity contribution in [2.45, 2.75) is 38.5 Å². The number of ketones is 1. The third-order valence-corrected chi connectivity index (χ3v) is 3.96. The molecule has 3 atom stereocenters. The van der Waals surface area contributed by atoms with E-state index in [1.807, 2.05) is 0 Å². The Hall–Kier alpha value is -0.860. The van der Waals surface area contributed by atoms with Crippen molar-refractivity contribution in [1.82, 2.24) is 0 Å². The molecule has 0 amide bonds. The molecule has 0 aromatic carbocycles. The maximum atomic E-state index is 11.7. The number of hydrogen-bond donors (Lipinski definition) is 0. The summed E-state index contributed by atoms with van der Waals surface area (Å²) in [5.74, 6) is 0.668. The maximum absolute atomic E-state index is 11.7. The third-order valence-electron chi connectivity index (χ3n) is 3.96. The van der Waals surface area contributed by atoms with Crippen molar-refractivity contribution in [2.24, 2.45) is 17.8 Å². The third kappa shape index (κ3) is 1.92. The van der Waals surface area contributed by atoms with Gasteiger partial charge in [0, 0.05) is 12.3 Å². The van der Waals surface area contributed by atoms with Crippen molar-refractivity contribution >= 4 is 11.8 Å². The lowest BCUT2D eigenvalue weighted by atomic mass is 9.65. The first-order valence-corrected chi connectivity index (χ1v) is 5.84. The van der Waals surface area contributed by atoms with Gasteiger partial charge in [0.1, 0.15) is 5.78 Å². The van der Waals surface area contributed by atoms with Crippen LogP contribution in [0.4, 0.5) is 0 Å². The Morgan fingerprint density at radius 3 is 2.73 bits per heavy atom. The van der Waals surface area contributed by atoms with E-state index in [4.69, 9.17) is 4.74 Å². The van der Waals surface area contributed by atoms with Crippen LogP contribution in [0.5, 0.6) is 0 Å². The summed E-state index contributed by atoms with van der Waals surface area (Å²) in [4.78, 5) is 23.3. The first-order valence-electron chi connectivity index (χ1n) is 5.84. The van der Waals surface area contributed by atoms with Gasteiger partial charge >= 0.3 is 5.97 Å². The molecule has 0 saturated heterocycles. The van der Waals surface area contributed by atoms with Gasteiger partial charge in [-0.15, -0.1) is 0 Å². The van der Waals surface area contributed by atoms with Crippen molar-refractivity contribution < 1.29 is 14.3 Å². The minimum absolute atomic E-state index is 0.0157. The molecule has 0 bridgehead atoms. The smallest absolute Gasteiger partial charge is 0.308 e. The Morgan fingerprint density at radius 2 is 2.00 bits per heavy atom. The zero-order valence-corrected chi connectivity index (χ0v) is 9.20. The van der Waals surface area contributed by atoms with E-state index >= 15 is 0 Å². The standard InChI is InChI=1S/C12H18O3/c1-15-12(14)10-6-7-11(13)9-5-3-2-4-8(9)10/h8-10H,2-7H2,1H3/t8?,9?,10-/m0/s1. The first kappa shape index (κ1) is 10.7. The average Bonchev–Trinajstić information content (AvgIpc) is 2.29. The number of hydrogen-bond acceptors (Lipinski definition) is 3. The van der Waals surface area contributed by atoms with E-state index in [1.165, 1.54) is 7.11 Å². The molecule has 2 unspecified atom stereocenters. The summed E-state index contributed by atoms with van der Waals surface area (Å²) in [6.45, 7) is 0. The second-order valence-electron chi connectivity index (χ2n) is 4.69. The number of fused-ring (bicyclic) bond motifs is 1. The molecule has 0 N–H and O–H groups in total. The van der Waals surface area contributed by atoms with Crippen molar-refractivity contribution in [3.05, 3.63) is 0 Å². The van der Waals surface area contributed by atoms with Crippen molar-refractivity contribution in [1.29, 1.82) is 0 Å². The minimum atomic E-state index is -0.112. The highest BCUT2D eigenvalue weighted by molar-refractivity contribution is 5.85. The zero-order valence-electron chi connectivity index (χ0n) is 9.20. The van der Waals surface area contributed by atoms with Crippen LogP contribution >= 0.6 is 0 Å². The van der Waals surface area contributed by atoms with Crippen LogP contribution in [0.15, 0.2) is 0 Å². The molecule has 2 rings (SSSR count). The summed E-state index contributed by atoms with van der Waals surface area (Å²) < 4.78 is 4.82. The summed E-state index contributed by atoms with van der Waals surface area (Å²) in [5, 5.41) is 0. The monoisotopic (exact) mass is 210 g/mol. The number of carbonyl (C=O) groups is 2. The van der Waals surface area contributed by atoms with Crippen molar-refractivity contribution in [2.75, 3.05) is 7.11 Å². The van der Waals surface area contributed by atoms with Gasteiger partial charge in [0.05, 0.1) is 13.0 Å². The number of carbonyl (C=O) groups excluding carboxylic acids is 2. The summed E-state index contributed by atoms with van der Waals surface area (Å²) in [6, 6.07) is 0. The molecule has 0 aliphatic heterocycles. The molecule has 0 radical (unpaired) electrons. The fourth-order valence-electron chi connectivity index (χ4n) is 3.18. The van der Waals surface area contributed by atoms with Gasteiger partial charge in [-0.05, 0) is 25.2 Å². The second kappa shape index (κ2) is 4.33. The van der Waals surface area contributed by atoms with Crippen LogP contribution in [-0.4, -0.2) is 18.9 Å². The maximum Gasteiger partial charge on any atom is 0.308 e. The molecule has 2 aliphatic rings. The zero-order chi connectivity index (χ0) is 10.8. The molecule has 3 heteroatoms. The van der Waals surface area contributed by atoms with Crippen LogP contribution in [-0.2, 0) is 14.3 Å². The van der Waals surface area contributed by atoms with E-state index in [9.17, 15) is 9.59 Å². The fourth-order valence-corrected chi connectivity index (χ4v) is 3.18. The SMILES string of the molecule is COC(=O)[C@H]1CCC(=O)C2CCCCC21. The summed E-state index contributed by atoms with van der Waals surface area (Å²) >= 11 is 0. The molecule has 0 spiro atoms. The van der Waals surface area contributed by atoms with Gasteiger partial charge in [0.2, 0.25) is 0 Å². The Labute approximate surface area is 90.2 Å². The fraction of sp³-hybridized carbons (Fsp3) is 0.833. The Kier molecular flexibility index (Phi) is 3.08. The molecular formula is C12H18O3. The molecule has 0 aromatic heterocycles. The minimum Gasteiger partial charge on any atom is -0.469 e. The molecule has 3 nitrogen and oxygen atoms in total. The van der Waals surface area contributed by atoms with Crippen LogP contribution in [0, 0.1) is 17.8 Å². The Balaban J connectivity index is 2.13. The summed E-state index contributed by atoms with van der Waals surface area (Å²) in [6.07, 6.45) is 5.57. The first-order chi connectivity index (χ1) is 7.24. The summed E-state index contributed by atoms with van der Waals surface area (Å²) in [7, 11) is 1.44. The Bertz CT molecular complexity index is 272. The lowest BCUT2D eigenvalue weighted by Crippen LogP contribution is -2.40. The number of methoxy groups -OCH3 is 1. The van der Waals surface area contributed by atoms with Gasteiger partial charge in [-0.1, -0.05) is 12.8 Å². The van der Waals surface area contributed by atoms with Gasteiger partial charge in [0.25, 0.3) is 0 Å². The normalized spacial score (nSPS) is 35.8. The van der Waals surface area contributed by atoms with Crippen LogP contribution in [0.3, 0.4) is 0 Å². The van der Waals surface area contributed by atoms with Gasteiger partial charge in [-0.25, -0.2) is 0 Å². The predicted octanol–water partition coefficient (Wildman–Crippen LogP) is 1.94. The highest BCUT2D eigenvalue weighted by Crippen LogP contribution is 2.42. The van der Waals surface area contributed by atoms with Crippen LogP contribution in [0.1, 0.15) is 38.5 Å². The largest absolute Gasteiger partial charge is 0.469 e. The molecule has 0 aromatic rings. The number of esters is 1. The Morgan fingerprint density at radius 1 is 1.27 bits per heavy atom. The van der Waals surface area contributed by atoms with Crippen LogP contribution in [0.2, 0.25) is 0 Å². The van der Waals surface area contributed by atoms with Gasteiger partial charge in [0.15, 0.2) is 0 Å². The molecule has 15 heavy (non-hydrogen) atoms. The van der Waals surface area contributed by atoms with Gasteiger partial charge in [-0.2, -0.15) is 0 Å². The molecule has 0 heterocycles. The lowest BCUT2D eigenvalue weighted by Gasteiger charge is -2.38. The van der Waals surface area contributed by atoms with Gasteiger partial charge in [-0.3, -0.25) is 9.59 Å². The van der Waals surface area contributed by atoms with Crippen molar-refractivity contribution in [3.8, 4) is 0 Å². The quantitative estimate of drug-likeness (QED) is 0.621. The van der Waals surface area contributed by atoms with E-state index in [0.717, 1.165) is 25.7 Å².